The van der Waals surface area contributed by atoms with Crippen LogP contribution in [0.4, 0.5) is 5.69 Å². The minimum absolute atomic E-state index is 0.0187. The van der Waals surface area contributed by atoms with Crippen molar-refractivity contribution >= 4 is 23.8 Å². The molecule has 3 rings (SSSR count). The number of amides is 1. The van der Waals surface area contributed by atoms with Crippen molar-refractivity contribution in [2.24, 2.45) is 5.10 Å². The van der Waals surface area contributed by atoms with Crippen molar-refractivity contribution in [2.75, 3.05) is 13.7 Å². The Bertz CT molecular complexity index is 1240. The summed E-state index contributed by atoms with van der Waals surface area (Å²) in [6.07, 6.45) is 1.39. The van der Waals surface area contributed by atoms with Gasteiger partial charge in [-0.2, -0.15) is 5.10 Å². The van der Waals surface area contributed by atoms with Crippen LogP contribution in [0.1, 0.15) is 21.5 Å². The fraction of sp³-hybridized carbons (Fsp3) is 0.125. The summed E-state index contributed by atoms with van der Waals surface area (Å²) in [4.78, 5) is 33.3. The highest BCUT2D eigenvalue weighted by Crippen LogP contribution is 2.28. The number of ether oxygens (including phenoxy) is 3. The second-order valence-electron chi connectivity index (χ2n) is 7.01. The van der Waals surface area contributed by atoms with Gasteiger partial charge in [0.15, 0.2) is 23.9 Å². The van der Waals surface area contributed by atoms with Crippen LogP contribution in [-0.4, -0.2) is 41.8 Å². The van der Waals surface area contributed by atoms with Crippen molar-refractivity contribution in [3.63, 3.8) is 0 Å². The van der Waals surface area contributed by atoms with Gasteiger partial charge in [0.1, 0.15) is 6.61 Å². The fourth-order valence-corrected chi connectivity index (χ4v) is 2.87. The molecule has 0 radical (unpaired) electrons. The number of rotatable bonds is 11. The fourth-order valence-electron chi connectivity index (χ4n) is 2.87. The van der Waals surface area contributed by atoms with Crippen LogP contribution in [0.5, 0.6) is 17.2 Å². The number of nitro benzene ring substituents is 1. The minimum atomic E-state index is -1.000. The number of nitrogens with zero attached hydrogens (tertiary/aromatic N) is 2. The van der Waals surface area contributed by atoms with Gasteiger partial charge in [-0.1, -0.05) is 24.3 Å². The largest absolute Gasteiger partial charge is 0.493 e. The molecule has 3 aromatic carbocycles. The van der Waals surface area contributed by atoms with E-state index in [-0.39, 0.29) is 23.6 Å². The zero-order valence-electron chi connectivity index (χ0n) is 18.5. The van der Waals surface area contributed by atoms with Crippen LogP contribution in [0.3, 0.4) is 0 Å². The topological polar surface area (TPSA) is 150 Å². The van der Waals surface area contributed by atoms with Crippen molar-refractivity contribution in [1.29, 1.82) is 0 Å². The van der Waals surface area contributed by atoms with Gasteiger partial charge in [0.05, 0.1) is 23.8 Å². The van der Waals surface area contributed by atoms with Gasteiger partial charge in [-0.25, -0.2) is 10.2 Å². The number of carboxylic acids is 1. The summed E-state index contributed by atoms with van der Waals surface area (Å²) < 4.78 is 16.3. The summed E-state index contributed by atoms with van der Waals surface area (Å²) in [6.45, 7) is -0.245. The molecule has 0 heterocycles. The summed E-state index contributed by atoms with van der Waals surface area (Å²) in [6, 6.07) is 17.1. The first-order valence-electron chi connectivity index (χ1n) is 10.2. The summed E-state index contributed by atoms with van der Waals surface area (Å²) >= 11 is 0. The summed E-state index contributed by atoms with van der Waals surface area (Å²) in [7, 11) is 1.48. The molecule has 11 heteroatoms. The van der Waals surface area contributed by atoms with E-state index in [4.69, 9.17) is 19.3 Å². The van der Waals surface area contributed by atoms with Crippen LogP contribution in [0, 0.1) is 10.1 Å². The van der Waals surface area contributed by atoms with Gasteiger partial charge < -0.3 is 19.3 Å². The van der Waals surface area contributed by atoms with Crippen LogP contribution in [0.25, 0.3) is 0 Å². The second-order valence-corrected chi connectivity index (χ2v) is 7.01. The first-order valence-corrected chi connectivity index (χ1v) is 10.2. The van der Waals surface area contributed by atoms with Crippen molar-refractivity contribution < 1.29 is 33.8 Å². The lowest BCUT2D eigenvalue weighted by Gasteiger charge is -2.11. The van der Waals surface area contributed by atoms with Gasteiger partial charge in [0.2, 0.25) is 0 Å². The van der Waals surface area contributed by atoms with Crippen LogP contribution < -0.4 is 19.6 Å². The average molecular weight is 479 g/mol. The van der Waals surface area contributed by atoms with E-state index in [9.17, 15) is 19.7 Å². The van der Waals surface area contributed by atoms with Crippen molar-refractivity contribution in [3.8, 4) is 17.2 Å². The maximum absolute atomic E-state index is 11.9. The van der Waals surface area contributed by atoms with Gasteiger partial charge in [0.25, 0.3) is 5.91 Å². The zero-order chi connectivity index (χ0) is 25.2. The SMILES string of the molecule is COc1cc(/C=N/NC(=O)COc2ccccc2[N+](=O)[O-])ccc1OCc1ccc(C(=O)O)cc1. The van der Waals surface area contributed by atoms with Gasteiger partial charge in [-0.15, -0.1) is 0 Å². The molecule has 0 spiro atoms. The Labute approximate surface area is 199 Å². The molecule has 0 atom stereocenters. The summed E-state index contributed by atoms with van der Waals surface area (Å²) in [5, 5.41) is 23.8. The van der Waals surface area contributed by atoms with Gasteiger partial charge in [0, 0.05) is 6.07 Å². The van der Waals surface area contributed by atoms with E-state index in [0.717, 1.165) is 5.56 Å². The van der Waals surface area contributed by atoms with Gasteiger partial charge in [-0.3, -0.25) is 14.9 Å². The third-order valence-electron chi connectivity index (χ3n) is 4.61. The van der Waals surface area contributed by atoms with E-state index in [0.29, 0.717) is 17.1 Å². The molecular formula is C24H21N3O8. The number of hydrogen-bond donors (Lipinski definition) is 2. The van der Waals surface area contributed by atoms with Crippen molar-refractivity contribution in [3.05, 3.63) is 93.5 Å². The molecule has 0 aliphatic carbocycles. The third kappa shape index (κ3) is 7.02. The standard InChI is InChI=1S/C24H21N3O8/c1-33-22-12-17(8-11-21(22)34-14-16-6-9-18(10-7-16)24(29)30)13-25-26-23(28)15-35-20-5-3-2-4-19(20)27(31)32/h2-13H,14-15H2,1H3,(H,26,28)(H,29,30)/b25-13+. The molecular weight excluding hydrogens is 458 g/mol. The van der Waals surface area contributed by atoms with Crippen LogP contribution in [-0.2, 0) is 11.4 Å². The number of hydrogen-bond acceptors (Lipinski definition) is 8. The Kier molecular flexibility index (Phi) is 8.33. The maximum Gasteiger partial charge on any atom is 0.335 e. The second kappa shape index (κ2) is 11.8. The molecule has 0 aliphatic heterocycles. The van der Waals surface area contributed by atoms with Crippen molar-refractivity contribution in [2.45, 2.75) is 6.61 Å². The molecule has 0 aromatic heterocycles. The van der Waals surface area contributed by atoms with Crippen LogP contribution in [0.2, 0.25) is 0 Å². The summed E-state index contributed by atoms with van der Waals surface area (Å²) in [5.41, 5.74) is 3.63. The third-order valence-corrected chi connectivity index (χ3v) is 4.61. The van der Waals surface area contributed by atoms with E-state index < -0.39 is 23.4 Å². The number of hydrazone groups is 1. The lowest BCUT2D eigenvalue weighted by atomic mass is 10.1. The maximum atomic E-state index is 11.9. The van der Waals surface area contributed by atoms with Crippen LogP contribution in [0.15, 0.2) is 71.8 Å². The van der Waals surface area contributed by atoms with E-state index in [1.807, 2.05) is 0 Å². The Morgan fingerprint density at radius 1 is 1.03 bits per heavy atom. The molecule has 0 unspecified atom stereocenters. The molecule has 0 bridgehead atoms. The minimum Gasteiger partial charge on any atom is -0.493 e. The Morgan fingerprint density at radius 3 is 2.46 bits per heavy atom. The molecule has 3 aromatic rings. The average Bonchev–Trinajstić information content (AvgIpc) is 2.86. The monoisotopic (exact) mass is 479 g/mol. The predicted molar refractivity (Wildman–Crippen MR) is 125 cm³/mol. The first kappa shape index (κ1) is 24.7. The number of methoxy groups -OCH3 is 1. The molecule has 0 saturated heterocycles. The normalized spacial score (nSPS) is 10.5. The molecule has 11 nitrogen and oxygen atoms in total. The van der Waals surface area contributed by atoms with E-state index in [1.54, 1.807) is 36.4 Å². The highest BCUT2D eigenvalue weighted by molar-refractivity contribution is 5.87. The molecule has 180 valence electrons. The van der Waals surface area contributed by atoms with E-state index in [1.165, 1.54) is 43.7 Å². The molecule has 35 heavy (non-hydrogen) atoms. The van der Waals surface area contributed by atoms with Gasteiger partial charge in [-0.05, 0) is 47.5 Å². The quantitative estimate of drug-likeness (QED) is 0.241. The lowest BCUT2D eigenvalue weighted by molar-refractivity contribution is -0.385. The number of aromatic carboxylic acids is 1. The van der Waals surface area contributed by atoms with Crippen molar-refractivity contribution in [1.82, 2.24) is 5.43 Å². The number of nitro groups is 1. The van der Waals surface area contributed by atoms with Crippen LogP contribution >= 0.6 is 0 Å². The molecule has 2 N–H and O–H groups in total. The Balaban J connectivity index is 1.53. The molecule has 0 fully saturated rings. The first-order chi connectivity index (χ1) is 16.9. The zero-order valence-corrected chi connectivity index (χ0v) is 18.5. The molecule has 0 aliphatic rings. The number of carbonyl (C=O) groups excluding carboxylic acids is 1. The Hall–Kier alpha value is -4.93. The smallest absolute Gasteiger partial charge is 0.335 e. The highest BCUT2D eigenvalue weighted by atomic mass is 16.6. The molecule has 0 saturated carbocycles. The Morgan fingerprint density at radius 2 is 1.77 bits per heavy atom. The predicted octanol–water partition coefficient (Wildman–Crippen LogP) is 3.41. The highest BCUT2D eigenvalue weighted by Gasteiger charge is 2.14. The number of nitrogens with one attached hydrogen (secondary N) is 1. The number of para-hydroxylation sites is 2. The molecule has 1 amide bonds. The number of carbonyl (C=O) groups is 2. The summed E-state index contributed by atoms with van der Waals surface area (Å²) in [5.74, 6) is -0.716. The van der Waals surface area contributed by atoms with E-state index in [2.05, 4.69) is 10.5 Å². The lowest BCUT2D eigenvalue weighted by Crippen LogP contribution is -2.24. The number of benzene rings is 3. The number of carboxylic acid groups (broad SMARTS) is 1. The van der Waals surface area contributed by atoms with E-state index >= 15 is 0 Å². The van der Waals surface area contributed by atoms with Gasteiger partial charge >= 0.3 is 11.7 Å².